The predicted molar refractivity (Wildman–Crippen MR) is 136 cm³/mol. The molecule has 0 aliphatic carbocycles. The Labute approximate surface area is 210 Å². The highest BCUT2D eigenvalue weighted by Gasteiger charge is 2.22. The van der Waals surface area contributed by atoms with Crippen LogP contribution in [-0.4, -0.2) is 60.3 Å². The Morgan fingerprint density at radius 1 is 1.03 bits per heavy atom. The highest BCUT2D eigenvalue weighted by Crippen LogP contribution is 2.34. The number of morpholine rings is 1. The van der Waals surface area contributed by atoms with Gasteiger partial charge in [0.1, 0.15) is 23.0 Å². The van der Waals surface area contributed by atoms with Crippen LogP contribution in [0.5, 0.6) is 0 Å². The number of aromatic amines is 1. The molecule has 1 aliphatic heterocycles. The summed E-state index contributed by atoms with van der Waals surface area (Å²) in [5.41, 5.74) is 7.21. The lowest BCUT2D eigenvalue weighted by atomic mass is 10.0. The van der Waals surface area contributed by atoms with Crippen molar-refractivity contribution in [3.05, 3.63) is 70.0 Å². The van der Waals surface area contributed by atoms with Gasteiger partial charge in [0.2, 0.25) is 5.95 Å². The first-order chi connectivity index (χ1) is 17.7. The average Bonchev–Trinajstić information content (AvgIpc) is 2.87. The Morgan fingerprint density at radius 3 is 2.51 bits per heavy atom. The fourth-order valence-corrected chi connectivity index (χ4v) is 4.55. The summed E-state index contributed by atoms with van der Waals surface area (Å²) >= 11 is 0. The van der Waals surface area contributed by atoms with E-state index >= 15 is 8.78 Å². The van der Waals surface area contributed by atoms with Crippen molar-refractivity contribution in [3.63, 3.8) is 0 Å². The van der Waals surface area contributed by atoms with E-state index < -0.39 is 23.1 Å². The Bertz CT molecular complexity index is 1550. The van der Waals surface area contributed by atoms with Gasteiger partial charge in [0, 0.05) is 48.0 Å². The predicted octanol–water partition coefficient (Wildman–Crippen LogP) is 3.55. The number of rotatable bonds is 5. The maximum atomic E-state index is 15.1. The number of pyridine rings is 1. The van der Waals surface area contributed by atoms with E-state index in [1.165, 1.54) is 0 Å². The van der Waals surface area contributed by atoms with Crippen LogP contribution in [0.4, 0.5) is 24.7 Å². The lowest BCUT2D eigenvalue weighted by Gasteiger charge is -2.31. The van der Waals surface area contributed by atoms with Gasteiger partial charge in [0.25, 0.3) is 5.56 Å². The molecule has 3 N–H and O–H groups in total. The maximum absolute atomic E-state index is 15.1. The number of anilines is 2. The molecule has 5 rings (SSSR count). The Morgan fingerprint density at radius 2 is 1.78 bits per heavy atom. The number of fused-ring (bicyclic) bond motifs is 1. The first kappa shape index (κ1) is 24.7. The Kier molecular flexibility index (Phi) is 6.57. The van der Waals surface area contributed by atoms with Crippen LogP contribution in [0, 0.1) is 17.6 Å². The van der Waals surface area contributed by atoms with Gasteiger partial charge in [-0.05, 0) is 43.9 Å². The van der Waals surface area contributed by atoms with Gasteiger partial charge in [-0.3, -0.25) is 4.79 Å². The summed E-state index contributed by atoms with van der Waals surface area (Å²) in [6.07, 6.45) is 0.889. The van der Waals surface area contributed by atoms with E-state index in [0.29, 0.717) is 25.3 Å². The molecule has 2 aromatic heterocycles. The van der Waals surface area contributed by atoms with Crippen LogP contribution in [0.1, 0.15) is 5.56 Å². The minimum Gasteiger partial charge on any atom is -0.382 e. The molecular weight excluding hydrogens is 485 g/mol. The number of nitrogens with two attached hydrogens (primary N) is 1. The SMILES string of the molecule is CN(C)Cc1cc(-c2nc(-c3cc4c(F)c[nH]c(=O)c4cc3F)c(N)nc2F)ccc1N1CCOCC1. The number of hydrogen-bond donors (Lipinski definition) is 2. The molecular formula is C26H25F3N6O2. The van der Waals surface area contributed by atoms with Crippen molar-refractivity contribution in [2.75, 3.05) is 51.0 Å². The van der Waals surface area contributed by atoms with Crippen LogP contribution in [0.2, 0.25) is 0 Å². The summed E-state index contributed by atoms with van der Waals surface area (Å²) in [4.78, 5) is 26.6. The molecule has 1 fully saturated rings. The number of H-pyrrole nitrogens is 1. The van der Waals surface area contributed by atoms with Crippen LogP contribution < -0.4 is 16.2 Å². The smallest absolute Gasteiger partial charge is 0.256 e. The second kappa shape index (κ2) is 9.83. The van der Waals surface area contributed by atoms with Gasteiger partial charge in [-0.15, -0.1) is 0 Å². The molecule has 0 amide bonds. The van der Waals surface area contributed by atoms with Crippen LogP contribution in [0.25, 0.3) is 33.3 Å². The number of halogens is 3. The first-order valence-electron chi connectivity index (χ1n) is 11.7. The molecule has 0 unspecified atom stereocenters. The van der Waals surface area contributed by atoms with Crippen molar-refractivity contribution >= 4 is 22.3 Å². The van der Waals surface area contributed by atoms with E-state index in [0.717, 1.165) is 42.7 Å². The number of aromatic nitrogens is 3. The topological polar surface area (TPSA) is 100 Å². The molecule has 4 aromatic rings. The Hall–Kier alpha value is -3.96. The fraction of sp³-hybridized carbons (Fsp3) is 0.269. The molecule has 2 aromatic carbocycles. The van der Waals surface area contributed by atoms with Crippen molar-refractivity contribution in [3.8, 4) is 22.5 Å². The van der Waals surface area contributed by atoms with Crippen LogP contribution in [0.3, 0.4) is 0 Å². The van der Waals surface area contributed by atoms with E-state index in [9.17, 15) is 9.18 Å². The first-order valence-corrected chi connectivity index (χ1v) is 11.7. The molecule has 8 nitrogen and oxygen atoms in total. The summed E-state index contributed by atoms with van der Waals surface area (Å²) in [7, 11) is 3.87. The molecule has 0 bridgehead atoms. The standard InChI is InChI=1S/C26H25F3N6O2/c1-34(2)13-15-9-14(3-4-21(15)35-5-7-37-8-6-35)22-24(29)33-25(30)23(32-22)18-10-16-17(11-19(18)27)26(36)31-12-20(16)28/h3-4,9-12H,5-8,13H2,1-2H3,(H2,30,33)(H,31,36). The van der Waals surface area contributed by atoms with Gasteiger partial charge in [-0.2, -0.15) is 9.37 Å². The summed E-state index contributed by atoms with van der Waals surface area (Å²) < 4.78 is 50.0. The lowest BCUT2D eigenvalue weighted by Crippen LogP contribution is -2.37. The summed E-state index contributed by atoms with van der Waals surface area (Å²) in [6.45, 7) is 3.30. The highest BCUT2D eigenvalue weighted by molar-refractivity contribution is 5.88. The van der Waals surface area contributed by atoms with Gasteiger partial charge in [-0.25, -0.2) is 13.8 Å². The molecule has 37 heavy (non-hydrogen) atoms. The second-order valence-corrected chi connectivity index (χ2v) is 9.12. The van der Waals surface area contributed by atoms with Crippen molar-refractivity contribution in [1.82, 2.24) is 19.9 Å². The molecule has 3 heterocycles. The van der Waals surface area contributed by atoms with E-state index in [2.05, 4.69) is 19.9 Å². The molecule has 1 aliphatic rings. The van der Waals surface area contributed by atoms with E-state index in [1.54, 1.807) is 6.07 Å². The second-order valence-electron chi connectivity index (χ2n) is 9.12. The number of nitrogens with zero attached hydrogens (tertiary/aromatic N) is 4. The average molecular weight is 511 g/mol. The number of nitrogens with one attached hydrogen (secondary N) is 1. The van der Waals surface area contributed by atoms with Crippen LogP contribution in [-0.2, 0) is 11.3 Å². The van der Waals surface area contributed by atoms with Gasteiger partial charge < -0.3 is 25.3 Å². The third kappa shape index (κ3) is 4.75. The molecule has 0 spiro atoms. The van der Waals surface area contributed by atoms with Gasteiger partial charge in [0.15, 0.2) is 5.82 Å². The minimum absolute atomic E-state index is 0.115. The lowest BCUT2D eigenvalue weighted by molar-refractivity contribution is 0.122. The van der Waals surface area contributed by atoms with Crippen LogP contribution in [0.15, 0.2) is 41.3 Å². The van der Waals surface area contributed by atoms with Gasteiger partial charge >= 0.3 is 0 Å². The normalized spacial score (nSPS) is 14.1. The molecule has 0 radical (unpaired) electrons. The zero-order chi connectivity index (χ0) is 26.3. The minimum atomic E-state index is -0.917. The summed E-state index contributed by atoms with van der Waals surface area (Å²) in [5.74, 6) is -2.89. The third-order valence-electron chi connectivity index (χ3n) is 6.27. The van der Waals surface area contributed by atoms with Gasteiger partial charge in [0.05, 0.1) is 18.6 Å². The van der Waals surface area contributed by atoms with Crippen molar-refractivity contribution in [2.45, 2.75) is 6.54 Å². The molecule has 0 atom stereocenters. The third-order valence-corrected chi connectivity index (χ3v) is 6.27. The van der Waals surface area contributed by atoms with E-state index in [4.69, 9.17) is 10.5 Å². The van der Waals surface area contributed by atoms with E-state index in [1.807, 2.05) is 31.1 Å². The largest absolute Gasteiger partial charge is 0.382 e. The molecule has 0 saturated carbocycles. The van der Waals surface area contributed by atoms with Gasteiger partial charge in [-0.1, -0.05) is 6.07 Å². The molecule has 192 valence electrons. The highest BCUT2D eigenvalue weighted by atomic mass is 19.1. The number of nitrogen functional groups attached to an aromatic ring is 1. The zero-order valence-electron chi connectivity index (χ0n) is 20.3. The monoisotopic (exact) mass is 510 g/mol. The maximum Gasteiger partial charge on any atom is 0.256 e. The number of ether oxygens (including phenoxy) is 1. The molecule has 11 heteroatoms. The van der Waals surface area contributed by atoms with Crippen molar-refractivity contribution in [1.29, 1.82) is 0 Å². The fourth-order valence-electron chi connectivity index (χ4n) is 4.55. The Balaban J connectivity index is 1.64. The van der Waals surface area contributed by atoms with Crippen molar-refractivity contribution < 1.29 is 17.9 Å². The number of hydrogen-bond acceptors (Lipinski definition) is 7. The van der Waals surface area contributed by atoms with Crippen molar-refractivity contribution in [2.24, 2.45) is 0 Å². The zero-order valence-corrected chi connectivity index (χ0v) is 20.3. The van der Waals surface area contributed by atoms with Crippen LogP contribution >= 0.6 is 0 Å². The number of benzene rings is 2. The quantitative estimate of drug-likeness (QED) is 0.424. The van der Waals surface area contributed by atoms with E-state index in [-0.39, 0.29) is 33.5 Å². The summed E-state index contributed by atoms with van der Waals surface area (Å²) in [6, 6.07) is 7.50. The summed E-state index contributed by atoms with van der Waals surface area (Å²) in [5, 5.41) is -0.280. The molecule has 1 saturated heterocycles.